The Kier molecular flexibility index (Phi) is 3.33. The lowest BCUT2D eigenvalue weighted by atomic mass is 9.72. The van der Waals surface area contributed by atoms with Crippen LogP contribution < -0.4 is 0 Å². The summed E-state index contributed by atoms with van der Waals surface area (Å²) in [5.41, 5.74) is 0.328. The Labute approximate surface area is 93.0 Å². The lowest BCUT2D eigenvalue weighted by molar-refractivity contribution is -0.119. The first-order valence-corrected chi connectivity index (χ1v) is 4.83. The van der Waals surface area contributed by atoms with Gasteiger partial charge >= 0.3 is 0 Å². The fourth-order valence-electron chi connectivity index (χ4n) is 2.04. The number of aliphatic imine (C=N–C) groups is 2. The van der Waals surface area contributed by atoms with E-state index >= 15 is 0 Å². The molecule has 1 aliphatic rings. The van der Waals surface area contributed by atoms with Gasteiger partial charge in [0, 0.05) is 0 Å². The van der Waals surface area contributed by atoms with Gasteiger partial charge in [0.2, 0.25) is 17.9 Å². The van der Waals surface area contributed by atoms with Gasteiger partial charge in [-0.1, -0.05) is 13.8 Å². The van der Waals surface area contributed by atoms with Crippen molar-refractivity contribution in [3.8, 4) is 0 Å². The molecule has 1 aliphatic carbocycles. The molecular weight excluding hydrogens is 208 g/mol. The quantitative estimate of drug-likeness (QED) is 0.520. The summed E-state index contributed by atoms with van der Waals surface area (Å²) in [7, 11) is 0. The first-order chi connectivity index (χ1) is 7.44. The Morgan fingerprint density at radius 1 is 1.31 bits per heavy atom. The molecule has 0 spiro atoms. The van der Waals surface area contributed by atoms with E-state index in [1.807, 2.05) is 13.8 Å². The molecule has 84 valence electrons. The molecule has 1 rings (SSSR count). The summed E-state index contributed by atoms with van der Waals surface area (Å²) >= 11 is 0. The van der Waals surface area contributed by atoms with E-state index in [0.717, 1.165) is 5.57 Å². The van der Waals surface area contributed by atoms with Crippen molar-refractivity contribution in [2.45, 2.75) is 33.2 Å². The molecule has 0 fully saturated rings. The normalized spacial score (nSPS) is 23.4. The van der Waals surface area contributed by atoms with Gasteiger partial charge < -0.3 is 0 Å². The van der Waals surface area contributed by atoms with E-state index in [1.54, 1.807) is 6.92 Å². The van der Waals surface area contributed by atoms with Crippen LogP contribution in [-0.4, -0.2) is 24.0 Å². The third kappa shape index (κ3) is 2.06. The molecule has 0 radical (unpaired) electrons. The van der Waals surface area contributed by atoms with E-state index in [2.05, 4.69) is 9.98 Å². The standard InChI is InChI=1S/C11H12N2O3/c1-7-4-11(2,3)10(13-6-15)9(16)8(7)12-5-14/h10H,4H2,1-3H3. The highest BCUT2D eigenvalue weighted by atomic mass is 16.1. The van der Waals surface area contributed by atoms with Crippen LogP contribution in [0.4, 0.5) is 0 Å². The molecule has 0 N–H and O–H groups in total. The predicted molar refractivity (Wildman–Crippen MR) is 56.1 cm³/mol. The number of rotatable bonds is 2. The fraction of sp³-hybridized carbons (Fsp3) is 0.545. The van der Waals surface area contributed by atoms with Crippen LogP contribution in [0.5, 0.6) is 0 Å². The molecule has 0 aromatic rings. The van der Waals surface area contributed by atoms with E-state index in [1.165, 1.54) is 12.2 Å². The van der Waals surface area contributed by atoms with Crippen LogP contribution in [-0.2, 0) is 14.4 Å². The summed E-state index contributed by atoms with van der Waals surface area (Å²) in [5, 5.41) is 0. The molecular formula is C11H12N2O3. The third-order valence-electron chi connectivity index (χ3n) is 2.69. The lowest BCUT2D eigenvalue weighted by Crippen LogP contribution is -2.40. The first kappa shape index (κ1) is 12.2. The molecule has 0 saturated heterocycles. The molecule has 0 saturated carbocycles. The molecule has 16 heavy (non-hydrogen) atoms. The smallest absolute Gasteiger partial charge is 0.240 e. The summed E-state index contributed by atoms with van der Waals surface area (Å²) < 4.78 is 0. The average Bonchev–Trinajstić information content (AvgIpc) is 2.18. The molecule has 0 heterocycles. The SMILES string of the molecule is CC1=C(N=C=O)C(=O)C(N=C=O)C(C)(C)C1. The zero-order valence-electron chi connectivity index (χ0n) is 9.40. The van der Waals surface area contributed by atoms with Crippen LogP contribution in [0.2, 0.25) is 0 Å². The van der Waals surface area contributed by atoms with E-state index in [0.29, 0.717) is 6.42 Å². The monoisotopic (exact) mass is 220 g/mol. The van der Waals surface area contributed by atoms with Crippen molar-refractivity contribution < 1.29 is 14.4 Å². The topological polar surface area (TPSA) is 75.9 Å². The van der Waals surface area contributed by atoms with Crippen molar-refractivity contribution in [3.05, 3.63) is 11.3 Å². The van der Waals surface area contributed by atoms with Gasteiger partial charge in [-0.25, -0.2) is 9.59 Å². The Balaban J connectivity index is 3.31. The van der Waals surface area contributed by atoms with Gasteiger partial charge in [-0.15, -0.1) is 0 Å². The Morgan fingerprint density at radius 3 is 2.44 bits per heavy atom. The van der Waals surface area contributed by atoms with Crippen LogP contribution in [0.15, 0.2) is 21.3 Å². The zero-order valence-corrected chi connectivity index (χ0v) is 9.40. The number of carbonyl (C=O) groups is 1. The van der Waals surface area contributed by atoms with Crippen molar-refractivity contribution in [1.29, 1.82) is 0 Å². The lowest BCUT2D eigenvalue weighted by Gasteiger charge is -2.34. The largest absolute Gasteiger partial charge is 0.290 e. The minimum Gasteiger partial charge on any atom is -0.290 e. The molecule has 0 aliphatic heterocycles. The van der Waals surface area contributed by atoms with Crippen molar-refractivity contribution >= 4 is 17.9 Å². The third-order valence-corrected chi connectivity index (χ3v) is 2.69. The minimum absolute atomic E-state index is 0.0679. The van der Waals surface area contributed by atoms with E-state index in [4.69, 9.17) is 0 Å². The van der Waals surface area contributed by atoms with E-state index in [9.17, 15) is 14.4 Å². The van der Waals surface area contributed by atoms with Gasteiger partial charge in [-0.05, 0) is 24.3 Å². The highest BCUT2D eigenvalue weighted by molar-refractivity contribution is 6.02. The van der Waals surface area contributed by atoms with Crippen LogP contribution in [0.25, 0.3) is 0 Å². The number of ketones is 1. The van der Waals surface area contributed by atoms with Crippen molar-refractivity contribution in [1.82, 2.24) is 0 Å². The first-order valence-electron chi connectivity index (χ1n) is 4.83. The second-order valence-corrected chi connectivity index (χ2v) is 4.48. The highest BCUT2D eigenvalue weighted by Gasteiger charge is 2.41. The van der Waals surface area contributed by atoms with Gasteiger partial charge in [-0.2, -0.15) is 9.98 Å². The number of isocyanates is 2. The number of carbonyl (C=O) groups excluding carboxylic acids is 3. The number of nitrogens with zero attached hydrogens (tertiary/aromatic N) is 2. The molecule has 0 amide bonds. The molecule has 1 unspecified atom stereocenters. The fourth-order valence-corrected chi connectivity index (χ4v) is 2.04. The number of Topliss-reactive ketones (excluding diaryl/α,β-unsaturated/α-hetero) is 1. The van der Waals surface area contributed by atoms with Crippen molar-refractivity contribution in [2.75, 3.05) is 0 Å². The van der Waals surface area contributed by atoms with Gasteiger partial charge in [0.25, 0.3) is 0 Å². The molecule has 5 nitrogen and oxygen atoms in total. The zero-order chi connectivity index (χ0) is 12.3. The second-order valence-electron chi connectivity index (χ2n) is 4.48. The molecule has 1 atom stereocenters. The number of hydrogen-bond acceptors (Lipinski definition) is 5. The van der Waals surface area contributed by atoms with Crippen molar-refractivity contribution in [2.24, 2.45) is 15.4 Å². The Bertz CT molecular complexity index is 450. The van der Waals surface area contributed by atoms with Crippen LogP contribution in [0.3, 0.4) is 0 Å². The van der Waals surface area contributed by atoms with Gasteiger partial charge in [-0.3, -0.25) is 4.79 Å². The summed E-state index contributed by atoms with van der Waals surface area (Å²) in [6, 6.07) is -0.819. The summed E-state index contributed by atoms with van der Waals surface area (Å²) in [5.74, 6) is -0.416. The second kappa shape index (κ2) is 4.35. The summed E-state index contributed by atoms with van der Waals surface area (Å²) in [4.78, 5) is 39.3. The van der Waals surface area contributed by atoms with Crippen LogP contribution in [0, 0.1) is 5.41 Å². The van der Waals surface area contributed by atoms with E-state index in [-0.39, 0.29) is 5.70 Å². The van der Waals surface area contributed by atoms with Gasteiger partial charge in [0.15, 0.2) is 0 Å². The number of hydrogen-bond donors (Lipinski definition) is 0. The molecule has 0 bridgehead atoms. The molecule has 0 aromatic carbocycles. The van der Waals surface area contributed by atoms with Gasteiger partial charge in [0.05, 0.1) is 0 Å². The summed E-state index contributed by atoms with van der Waals surface area (Å²) in [6.07, 6.45) is 3.29. The maximum absolute atomic E-state index is 11.9. The van der Waals surface area contributed by atoms with Crippen LogP contribution in [0.1, 0.15) is 27.2 Å². The summed E-state index contributed by atoms with van der Waals surface area (Å²) in [6.45, 7) is 5.40. The Hall–Kier alpha value is -1.83. The Morgan fingerprint density at radius 2 is 1.94 bits per heavy atom. The maximum Gasteiger partial charge on any atom is 0.240 e. The van der Waals surface area contributed by atoms with Gasteiger partial charge in [0.1, 0.15) is 11.7 Å². The molecule has 5 heteroatoms. The minimum atomic E-state index is -0.819. The highest BCUT2D eigenvalue weighted by Crippen LogP contribution is 2.38. The van der Waals surface area contributed by atoms with E-state index < -0.39 is 17.2 Å². The van der Waals surface area contributed by atoms with Crippen LogP contribution >= 0.6 is 0 Å². The van der Waals surface area contributed by atoms with Crippen molar-refractivity contribution in [3.63, 3.8) is 0 Å². The number of allylic oxidation sites excluding steroid dienone is 1. The average molecular weight is 220 g/mol. The predicted octanol–water partition coefficient (Wildman–Crippen LogP) is 1.30. The maximum atomic E-state index is 11.9. The molecule has 0 aromatic heterocycles.